The van der Waals surface area contributed by atoms with E-state index in [0.717, 1.165) is 18.4 Å². The fraction of sp³-hybridized carbons (Fsp3) is 0.278. The molecule has 0 radical (unpaired) electrons. The maximum atomic E-state index is 11.4. The number of hydrogen-bond acceptors (Lipinski definition) is 5. The van der Waals surface area contributed by atoms with Gasteiger partial charge in [0, 0.05) is 24.7 Å². The number of nitrogens with zero attached hydrogens (tertiary/aromatic N) is 2. The predicted molar refractivity (Wildman–Crippen MR) is 93.9 cm³/mol. The van der Waals surface area contributed by atoms with Crippen LogP contribution in [0.25, 0.3) is 0 Å². The van der Waals surface area contributed by atoms with Crippen LogP contribution >= 0.6 is 0 Å². The third-order valence-corrected chi connectivity index (χ3v) is 4.66. The van der Waals surface area contributed by atoms with E-state index in [2.05, 4.69) is 0 Å². The number of nitro benzene ring substituents is 1. The Balaban J connectivity index is 1.77. The molecule has 25 heavy (non-hydrogen) atoms. The Kier molecular flexibility index (Phi) is 4.56. The Morgan fingerprint density at radius 2 is 1.80 bits per heavy atom. The fourth-order valence-electron chi connectivity index (χ4n) is 3.29. The van der Waals surface area contributed by atoms with E-state index >= 15 is 0 Å². The summed E-state index contributed by atoms with van der Waals surface area (Å²) in [4.78, 5) is 24.1. The molecule has 1 fully saturated rings. The molecular formula is C18H19N3O4. The molecule has 7 nitrogen and oxygen atoms in total. The van der Waals surface area contributed by atoms with E-state index in [1.54, 1.807) is 18.2 Å². The lowest BCUT2D eigenvalue weighted by molar-refractivity contribution is -0.384. The van der Waals surface area contributed by atoms with E-state index < -0.39 is 10.8 Å². The minimum Gasteiger partial charge on any atom is -0.508 e. The summed E-state index contributed by atoms with van der Waals surface area (Å²) in [7, 11) is 0. The molecule has 0 bridgehead atoms. The molecule has 0 aliphatic carbocycles. The molecule has 3 rings (SSSR count). The number of piperidine rings is 1. The average Bonchev–Trinajstić information content (AvgIpc) is 2.62. The lowest BCUT2D eigenvalue weighted by atomic mass is 9.89. The molecule has 1 heterocycles. The van der Waals surface area contributed by atoms with E-state index in [0.29, 0.717) is 24.7 Å². The summed E-state index contributed by atoms with van der Waals surface area (Å²) in [5, 5.41) is 20.7. The van der Waals surface area contributed by atoms with Gasteiger partial charge >= 0.3 is 0 Å². The van der Waals surface area contributed by atoms with E-state index in [-0.39, 0.29) is 17.0 Å². The predicted octanol–water partition coefficient (Wildman–Crippen LogP) is 2.78. The summed E-state index contributed by atoms with van der Waals surface area (Å²) in [6.45, 7) is 1.37. The topological polar surface area (TPSA) is 110 Å². The van der Waals surface area contributed by atoms with E-state index in [1.807, 2.05) is 17.0 Å². The van der Waals surface area contributed by atoms with Crippen LogP contribution in [0, 0.1) is 10.1 Å². The molecule has 0 aromatic heterocycles. The van der Waals surface area contributed by atoms with Gasteiger partial charge in [-0.25, -0.2) is 0 Å². The van der Waals surface area contributed by atoms with Crippen LogP contribution in [0.3, 0.4) is 0 Å². The number of carbonyl (C=O) groups excluding carboxylic acids is 1. The summed E-state index contributed by atoms with van der Waals surface area (Å²) in [6, 6.07) is 11.5. The zero-order chi connectivity index (χ0) is 18.0. The Bertz CT molecular complexity index is 796. The van der Waals surface area contributed by atoms with Crippen molar-refractivity contribution in [3.8, 4) is 5.75 Å². The number of nitrogens with two attached hydrogens (primary N) is 1. The monoisotopic (exact) mass is 341 g/mol. The molecule has 0 atom stereocenters. The van der Waals surface area contributed by atoms with Crippen LogP contribution in [0.5, 0.6) is 5.75 Å². The second kappa shape index (κ2) is 6.80. The number of aromatic hydroxyl groups is 1. The van der Waals surface area contributed by atoms with Crippen molar-refractivity contribution in [3.05, 3.63) is 63.7 Å². The first-order valence-electron chi connectivity index (χ1n) is 8.08. The van der Waals surface area contributed by atoms with Crippen LogP contribution in [-0.4, -0.2) is 29.0 Å². The normalized spacial score (nSPS) is 15.1. The highest BCUT2D eigenvalue weighted by Crippen LogP contribution is 2.35. The zero-order valence-electron chi connectivity index (χ0n) is 13.6. The lowest BCUT2D eigenvalue weighted by Crippen LogP contribution is -2.33. The number of phenols is 1. The number of hydrogen-bond donors (Lipinski definition) is 2. The zero-order valence-corrected chi connectivity index (χ0v) is 13.6. The van der Waals surface area contributed by atoms with Crippen LogP contribution in [0.15, 0.2) is 42.5 Å². The highest BCUT2D eigenvalue weighted by atomic mass is 16.6. The van der Waals surface area contributed by atoms with Crippen LogP contribution < -0.4 is 10.6 Å². The van der Waals surface area contributed by atoms with Gasteiger partial charge in [0.05, 0.1) is 4.92 Å². The molecule has 7 heteroatoms. The Labute approximate surface area is 144 Å². The molecule has 2 aromatic carbocycles. The van der Waals surface area contributed by atoms with Gasteiger partial charge in [0.2, 0.25) is 5.91 Å². The first kappa shape index (κ1) is 16.8. The van der Waals surface area contributed by atoms with Crippen LogP contribution in [0.2, 0.25) is 0 Å². The van der Waals surface area contributed by atoms with E-state index in [1.165, 1.54) is 12.1 Å². The number of amides is 1. The van der Waals surface area contributed by atoms with Gasteiger partial charge in [-0.3, -0.25) is 14.9 Å². The second-order valence-corrected chi connectivity index (χ2v) is 6.18. The minimum absolute atomic E-state index is 0.0978. The number of rotatable bonds is 4. The van der Waals surface area contributed by atoms with E-state index in [4.69, 9.17) is 5.73 Å². The third-order valence-electron chi connectivity index (χ3n) is 4.66. The van der Waals surface area contributed by atoms with Crippen molar-refractivity contribution < 1.29 is 14.8 Å². The summed E-state index contributed by atoms with van der Waals surface area (Å²) in [6.07, 6.45) is 1.72. The molecule has 1 saturated heterocycles. The highest BCUT2D eigenvalue weighted by Gasteiger charge is 2.26. The van der Waals surface area contributed by atoms with Gasteiger partial charge in [-0.1, -0.05) is 12.1 Å². The van der Waals surface area contributed by atoms with Crippen LogP contribution in [0.4, 0.5) is 11.4 Å². The number of primary amides is 1. The molecule has 2 aromatic rings. The van der Waals surface area contributed by atoms with Gasteiger partial charge in [0.1, 0.15) is 11.4 Å². The van der Waals surface area contributed by atoms with Crippen molar-refractivity contribution in [3.63, 3.8) is 0 Å². The van der Waals surface area contributed by atoms with Crippen molar-refractivity contribution in [1.29, 1.82) is 0 Å². The maximum absolute atomic E-state index is 11.4. The second-order valence-electron chi connectivity index (χ2n) is 6.18. The van der Waals surface area contributed by atoms with Crippen molar-refractivity contribution in [2.45, 2.75) is 18.8 Å². The quantitative estimate of drug-likeness (QED) is 0.656. The Morgan fingerprint density at radius 3 is 2.36 bits per heavy atom. The Morgan fingerprint density at radius 1 is 1.16 bits per heavy atom. The van der Waals surface area contributed by atoms with Gasteiger partial charge < -0.3 is 15.7 Å². The number of phenolic OH excluding ortho intramolecular Hbond substituents is 1. The van der Waals surface area contributed by atoms with Crippen LogP contribution in [-0.2, 0) is 0 Å². The molecule has 0 spiro atoms. The molecule has 0 unspecified atom stereocenters. The average molecular weight is 341 g/mol. The summed E-state index contributed by atoms with van der Waals surface area (Å²) < 4.78 is 0. The van der Waals surface area contributed by atoms with E-state index in [9.17, 15) is 20.0 Å². The Hall–Kier alpha value is -3.09. The molecule has 130 valence electrons. The largest absolute Gasteiger partial charge is 0.508 e. The summed E-state index contributed by atoms with van der Waals surface area (Å²) >= 11 is 0. The molecule has 3 N–H and O–H groups in total. The van der Waals surface area contributed by atoms with Crippen molar-refractivity contribution in [1.82, 2.24) is 0 Å². The molecular weight excluding hydrogens is 322 g/mol. The molecule has 1 aliphatic heterocycles. The van der Waals surface area contributed by atoms with Gasteiger partial charge in [0.15, 0.2) is 0 Å². The van der Waals surface area contributed by atoms with Gasteiger partial charge in [-0.15, -0.1) is 0 Å². The molecule has 1 aliphatic rings. The third kappa shape index (κ3) is 3.55. The van der Waals surface area contributed by atoms with Gasteiger partial charge in [0.25, 0.3) is 5.69 Å². The number of anilines is 1. The van der Waals surface area contributed by atoms with Gasteiger partial charge in [-0.2, -0.15) is 0 Å². The number of nitro groups is 1. The standard InChI is InChI=1S/C18H19N3O4/c19-18(23)14-3-6-16(17(11-14)21(24)25)20-9-7-13(8-10-20)12-1-4-15(22)5-2-12/h1-6,11,13,22H,7-10H2,(H2,19,23). The molecule has 0 saturated carbocycles. The SMILES string of the molecule is NC(=O)c1ccc(N2CCC(c3ccc(O)cc3)CC2)c([N+](=O)[O-])c1. The smallest absolute Gasteiger partial charge is 0.293 e. The fourth-order valence-corrected chi connectivity index (χ4v) is 3.29. The first-order chi connectivity index (χ1) is 12.0. The minimum atomic E-state index is -0.680. The first-order valence-corrected chi connectivity index (χ1v) is 8.08. The highest BCUT2D eigenvalue weighted by molar-refractivity contribution is 5.94. The summed E-state index contributed by atoms with van der Waals surface area (Å²) in [5.41, 5.74) is 6.92. The maximum Gasteiger partial charge on any atom is 0.293 e. The van der Waals surface area contributed by atoms with Crippen molar-refractivity contribution in [2.75, 3.05) is 18.0 Å². The number of carbonyl (C=O) groups is 1. The lowest BCUT2D eigenvalue weighted by Gasteiger charge is -2.33. The van der Waals surface area contributed by atoms with Crippen LogP contribution in [0.1, 0.15) is 34.7 Å². The number of benzene rings is 2. The summed E-state index contributed by atoms with van der Waals surface area (Å²) in [5.74, 6) is -0.0761. The van der Waals surface area contributed by atoms with Crippen molar-refractivity contribution >= 4 is 17.3 Å². The molecule has 1 amide bonds. The van der Waals surface area contributed by atoms with Gasteiger partial charge in [-0.05, 0) is 48.6 Å². The van der Waals surface area contributed by atoms with Crippen molar-refractivity contribution in [2.24, 2.45) is 5.73 Å².